The molecule has 0 atom stereocenters. The maximum absolute atomic E-state index is 14.4. The van der Waals surface area contributed by atoms with E-state index in [2.05, 4.69) is 33.1 Å². The van der Waals surface area contributed by atoms with Gasteiger partial charge in [0.15, 0.2) is 0 Å². The third-order valence-corrected chi connectivity index (χ3v) is 4.53. The topological polar surface area (TPSA) is 70.1 Å². The second-order valence-corrected chi connectivity index (χ2v) is 8.04. The molecule has 0 amide bonds. The number of hydrogen-bond acceptors (Lipinski definition) is 5. The molecule has 30 heavy (non-hydrogen) atoms. The highest BCUT2D eigenvalue weighted by Gasteiger charge is 2.16. The summed E-state index contributed by atoms with van der Waals surface area (Å²) in [5, 5.41) is 18.0. The second-order valence-electron chi connectivity index (χ2n) is 8.04. The molecule has 0 aliphatic carbocycles. The third kappa shape index (κ3) is 3.66. The smallest absolute Gasteiger partial charge is 0.257 e. The van der Waals surface area contributed by atoms with Crippen LogP contribution in [0, 0.1) is 34.4 Å². The van der Waals surface area contributed by atoms with Gasteiger partial charge in [-0.3, -0.25) is 4.40 Å². The van der Waals surface area contributed by atoms with Crippen LogP contribution >= 0.6 is 0 Å². The Kier molecular flexibility index (Phi) is 4.60. The standard InChI is InChI=1S/C23H19FN6/c1-23(2,3)8-7-15-9-17(24)12-18(10-15)29(4)21-19-6-5-16(13-25)11-20(19)30-14-26-28-22(30)27-21/h5-6,9-12,14H,1-4H3. The molecule has 7 heteroatoms. The summed E-state index contributed by atoms with van der Waals surface area (Å²) in [7, 11) is 1.81. The van der Waals surface area contributed by atoms with Gasteiger partial charge in [-0.05, 0) is 57.2 Å². The van der Waals surface area contributed by atoms with Gasteiger partial charge in [-0.2, -0.15) is 10.2 Å². The van der Waals surface area contributed by atoms with Crippen LogP contribution in [0.25, 0.3) is 16.7 Å². The summed E-state index contributed by atoms with van der Waals surface area (Å²) in [5.74, 6) is 6.78. The van der Waals surface area contributed by atoms with Gasteiger partial charge in [-0.25, -0.2) is 4.39 Å². The fourth-order valence-corrected chi connectivity index (χ4v) is 3.10. The molecule has 0 saturated carbocycles. The predicted molar refractivity (Wildman–Crippen MR) is 114 cm³/mol. The number of aromatic nitrogens is 4. The van der Waals surface area contributed by atoms with Crippen LogP contribution < -0.4 is 4.90 Å². The Labute approximate surface area is 173 Å². The highest BCUT2D eigenvalue weighted by Crippen LogP contribution is 2.31. The van der Waals surface area contributed by atoms with Crippen molar-refractivity contribution < 1.29 is 4.39 Å². The zero-order valence-electron chi connectivity index (χ0n) is 17.1. The Balaban J connectivity index is 1.89. The molecule has 2 aromatic carbocycles. The summed E-state index contributed by atoms with van der Waals surface area (Å²) in [5.41, 5.74) is 2.27. The summed E-state index contributed by atoms with van der Waals surface area (Å²) in [6.07, 6.45) is 1.55. The van der Waals surface area contributed by atoms with Crippen molar-refractivity contribution in [3.8, 4) is 17.9 Å². The van der Waals surface area contributed by atoms with E-state index in [9.17, 15) is 9.65 Å². The molecular formula is C23H19FN6. The van der Waals surface area contributed by atoms with Crippen LogP contribution in [-0.4, -0.2) is 26.6 Å². The SMILES string of the molecule is CN(c1cc(F)cc(C#CC(C)(C)C)c1)c1nc2nncn2c2cc(C#N)ccc12. The third-order valence-electron chi connectivity index (χ3n) is 4.53. The highest BCUT2D eigenvalue weighted by atomic mass is 19.1. The van der Waals surface area contributed by atoms with E-state index in [-0.39, 0.29) is 11.2 Å². The Morgan fingerprint density at radius 3 is 2.63 bits per heavy atom. The van der Waals surface area contributed by atoms with Gasteiger partial charge in [0.05, 0.1) is 17.1 Å². The minimum Gasteiger partial charge on any atom is -0.329 e. The van der Waals surface area contributed by atoms with E-state index < -0.39 is 0 Å². The average Bonchev–Trinajstić information content (AvgIpc) is 3.18. The van der Waals surface area contributed by atoms with Crippen LogP contribution in [0.4, 0.5) is 15.9 Å². The zero-order valence-corrected chi connectivity index (χ0v) is 17.1. The number of benzene rings is 2. The Bertz CT molecular complexity index is 1380. The van der Waals surface area contributed by atoms with Crippen molar-refractivity contribution in [3.63, 3.8) is 0 Å². The Morgan fingerprint density at radius 1 is 1.10 bits per heavy atom. The largest absolute Gasteiger partial charge is 0.329 e. The normalized spacial score (nSPS) is 11.2. The van der Waals surface area contributed by atoms with Crippen molar-refractivity contribution >= 4 is 28.2 Å². The second kappa shape index (κ2) is 7.13. The lowest BCUT2D eigenvalue weighted by atomic mass is 9.97. The van der Waals surface area contributed by atoms with E-state index in [4.69, 9.17) is 0 Å². The summed E-state index contributed by atoms with van der Waals surface area (Å²) >= 11 is 0. The number of nitrogens with zero attached hydrogens (tertiary/aromatic N) is 6. The minimum absolute atomic E-state index is 0.187. The lowest BCUT2D eigenvalue weighted by Gasteiger charge is -2.21. The number of halogens is 1. The molecule has 148 valence electrons. The van der Waals surface area contributed by atoms with Gasteiger partial charge in [0.1, 0.15) is 18.0 Å². The number of fused-ring (bicyclic) bond motifs is 3. The van der Waals surface area contributed by atoms with E-state index in [0.29, 0.717) is 28.4 Å². The molecule has 0 bridgehead atoms. The van der Waals surface area contributed by atoms with Crippen LogP contribution in [0.2, 0.25) is 0 Å². The Hall–Kier alpha value is -3.97. The maximum atomic E-state index is 14.4. The fraction of sp³-hybridized carbons (Fsp3) is 0.217. The van der Waals surface area contributed by atoms with E-state index in [1.54, 1.807) is 27.8 Å². The first-order valence-electron chi connectivity index (χ1n) is 9.36. The van der Waals surface area contributed by atoms with Gasteiger partial charge in [-0.15, -0.1) is 10.2 Å². The first-order valence-corrected chi connectivity index (χ1v) is 9.36. The molecule has 2 heterocycles. The van der Waals surface area contributed by atoms with Gasteiger partial charge >= 0.3 is 0 Å². The summed E-state index contributed by atoms with van der Waals surface area (Å²) in [6.45, 7) is 6.02. The molecule has 0 N–H and O–H groups in total. The van der Waals surface area contributed by atoms with E-state index in [0.717, 1.165) is 10.9 Å². The first-order chi connectivity index (χ1) is 14.2. The van der Waals surface area contributed by atoms with Crippen LogP contribution in [0.5, 0.6) is 0 Å². The quantitative estimate of drug-likeness (QED) is 0.467. The number of hydrogen-bond donors (Lipinski definition) is 0. The Morgan fingerprint density at radius 2 is 1.90 bits per heavy atom. The van der Waals surface area contributed by atoms with Crippen molar-refractivity contribution in [2.24, 2.45) is 5.41 Å². The van der Waals surface area contributed by atoms with Crippen molar-refractivity contribution in [2.75, 3.05) is 11.9 Å². The van der Waals surface area contributed by atoms with E-state index in [1.165, 1.54) is 12.1 Å². The maximum Gasteiger partial charge on any atom is 0.257 e. The molecule has 2 aromatic heterocycles. The van der Waals surface area contributed by atoms with Gasteiger partial charge in [0.25, 0.3) is 5.78 Å². The van der Waals surface area contributed by atoms with Crippen molar-refractivity contribution in [3.05, 3.63) is 59.7 Å². The fourth-order valence-electron chi connectivity index (χ4n) is 3.10. The molecule has 0 spiro atoms. The molecule has 4 rings (SSSR count). The van der Waals surface area contributed by atoms with Crippen molar-refractivity contribution in [1.29, 1.82) is 5.26 Å². The number of rotatable bonds is 2. The minimum atomic E-state index is -0.378. The monoisotopic (exact) mass is 398 g/mol. The highest BCUT2D eigenvalue weighted by molar-refractivity contribution is 5.94. The molecule has 0 fully saturated rings. The molecule has 0 radical (unpaired) electrons. The van der Waals surface area contributed by atoms with Gasteiger partial charge in [-0.1, -0.05) is 11.8 Å². The van der Waals surface area contributed by atoms with Gasteiger partial charge < -0.3 is 4.90 Å². The van der Waals surface area contributed by atoms with E-state index >= 15 is 0 Å². The van der Waals surface area contributed by atoms with Crippen LogP contribution in [0.1, 0.15) is 31.9 Å². The van der Waals surface area contributed by atoms with Crippen LogP contribution in [-0.2, 0) is 0 Å². The summed E-state index contributed by atoms with van der Waals surface area (Å²) in [6, 6.07) is 12.1. The van der Waals surface area contributed by atoms with Crippen molar-refractivity contribution in [1.82, 2.24) is 19.6 Å². The molecule has 4 aromatic rings. The van der Waals surface area contributed by atoms with Gasteiger partial charge in [0.2, 0.25) is 0 Å². The lowest BCUT2D eigenvalue weighted by molar-refractivity contribution is 0.571. The lowest BCUT2D eigenvalue weighted by Crippen LogP contribution is -2.13. The molecule has 0 unspecified atom stereocenters. The first kappa shape index (κ1) is 19.4. The summed E-state index contributed by atoms with van der Waals surface area (Å²) < 4.78 is 16.1. The van der Waals surface area contributed by atoms with E-state index in [1.807, 2.05) is 40.0 Å². The zero-order chi connectivity index (χ0) is 21.5. The molecule has 0 saturated heterocycles. The predicted octanol–water partition coefficient (Wildman–Crippen LogP) is 4.45. The molecule has 0 aliphatic rings. The summed E-state index contributed by atoms with van der Waals surface area (Å²) in [4.78, 5) is 6.40. The van der Waals surface area contributed by atoms with Crippen molar-refractivity contribution in [2.45, 2.75) is 20.8 Å². The molecular weight excluding hydrogens is 379 g/mol. The number of anilines is 2. The number of nitriles is 1. The van der Waals surface area contributed by atoms with Crippen LogP contribution in [0.3, 0.4) is 0 Å². The van der Waals surface area contributed by atoms with Crippen LogP contribution in [0.15, 0.2) is 42.7 Å². The molecule has 0 aliphatic heterocycles. The average molecular weight is 398 g/mol. The van der Waals surface area contributed by atoms with Gasteiger partial charge in [0, 0.05) is 29.1 Å². The molecule has 6 nitrogen and oxygen atoms in total.